The third-order valence-corrected chi connectivity index (χ3v) is 4.22. The number of carbonyl (C=O) groups is 1. The molecule has 0 unspecified atom stereocenters. The molecule has 5 nitrogen and oxygen atoms in total. The van der Waals surface area contributed by atoms with Crippen molar-refractivity contribution in [3.05, 3.63) is 53.6 Å². The van der Waals surface area contributed by atoms with Gasteiger partial charge >= 0.3 is 0 Å². The predicted molar refractivity (Wildman–Crippen MR) is 95.2 cm³/mol. The highest BCUT2D eigenvalue weighted by molar-refractivity contribution is 5.76. The van der Waals surface area contributed by atoms with E-state index in [-0.39, 0.29) is 12.7 Å². The Hall–Kier alpha value is -2.69. The van der Waals surface area contributed by atoms with Crippen molar-refractivity contribution in [1.29, 1.82) is 0 Å². The summed E-state index contributed by atoms with van der Waals surface area (Å²) in [6.45, 7) is 0.934. The molecule has 1 amide bonds. The molecule has 1 heterocycles. The second kappa shape index (κ2) is 8.42. The van der Waals surface area contributed by atoms with E-state index in [2.05, 4.69) is 11.4 Å². The van der Waals surface area contributed by atoms with Crippen molar-refractivity contribution >= 4 is 5.91 Å². The summed E-state index contributed by atoms with van der Waals surface area (Å²) in [4.78, 5) is 12.0. The summed E-state index contributed by atoms with van der Waals surface area (Å²) in [7, 11) is 1.68. The summed E-state index contributed by atoms with van der Waals surface area (Å²) in [6, 6.07) is 13.8. The van der Waals surface area contributed by atoms with Gasteiger partial charge in [-0.05, 0) is 48.6 Å². The number of carbonyl (C=O) groups excluding carboxylic acids is 1. The molecule has 1 N–H and O–H groups in total. The third kappa shape index (κ3) is 4.66. The van der Waals surface area contributed by atoms with E-state index in [0.29, 0.717) is 19.4 Å². The molecule has 3 rings (SSSR count). The van der Waals surface area contributed by atoms with E-state index >= 15 is 0 Å². The summed E-state index contributed by atoms with van der Waals surface area (Å²) in [5, 5.41) is 2.98. The highest BCUT2D eigenvalue weighted by Crippen LogP contribution is 2.32. The number of methoxy groups -OCH3 is 1. The molecule has 0 bridgehead atoms. The van der Waals surface area contributed by atoms with Gasteiger partial charge in [-0.2, -0.15) is 0 Å². The van der Waals surface area contributed by atoms with Crippen LogP contribution in [-0.2, 0) is 17.6 Å². The highest BCUT2D eigenvalue weighted by atomic mass is 16.7. The number of nitrogens with one attached hydrogen (secondary N) is 1. The van der Waals surface area contributed by atoms with Crippen molar-refractivity contribution in [2.24, 2.45) is 0 Å². The topological polar surface area (TPSA) is 56.8 Å². The largest absolute Gasteiger partial charge is 0.496 e. The van der Waals surface area contributed by atoms with E-state index in [1.807, 2.05) is 36.4 Å². The Balaban J connectivity index is 1.37. The van der Waals surface area contributed by atoms with Crippen LogP contribution in [0.15, 0.2) is 42.5 Å². The van der Waals surface area contributed by atoms with Crippen molar-refractivity contribution < 1.29 is 19.0 Å². The third-order valence-electron chi connectivity index (χ3n) is 4.22. The fourth-order valence-corrected chi connectivity index (χ4v) is 2.86. The molecule has 0 saturated heterocycles. The minimum Gasteiger partial charge on any atom is -0.496 e. The summed E-state index contributed by atoms with van der Waals surface area (Å²) in [5.41, 5.74) is 2.24. The number of amides is 1. The normalized spacial score (nSPS) is 12.0. The SMILES string of the molecule is COc1ccccc1CCCNC(=O)CCc1ccc2c(c1)OCO2. The zero-order valence-electron chi connectivity index (χ0n) is 14.4. The maximum Gasteiger partial charge on any atom is 0.231 e. The molecule has 0 fully saturated rings. The lowest BCUT2D eigenvalue weighted by atomic mass is 10.1. The van der Waals surface area contributed by atoms with Gasteiger partial charge in [-0.3, -0.25) is 4.79 Å². The molecule has 0 atom stereocenters. The van der Waals surface area contributed by atoms with Gasteiger partial charge in [-0.25, -0.2) is 0 Å². The number of hydrogen-bond donors (Lipinski definition) is 1. The van der Waals surface area contributed by atoms with E-state index in [1.54, 1.807) is 7.11 Å². The van der Waals surface area contributed by atoms with Gasteiger partial charge in [0.2, 0.25) is 12.7 Å². The lowest BCUT2D eigenvalue weighted by Gasteiger charge is -2.09. The summed E-state index contributed by atoms with van der Waals surface area (Å²) in [6.07, 6.45) is 2.92. The molecule has 0 saturated carbocycles. The zero-order valence-corrected chi connectivity index (χ0v) is 14.4. The Morgan fingerprint density at radius 3 is 2.84 bits per heavy atom. The summed E-state index contributed by atoms with van der Waals surface area (Å²) in [5.74, 6) is 2.49. The average Bonchev–Trinajstić information content (AvgIpc) is 3.11. The van der Waals surface area contributed by atoms with Crippen LogP contribution >= 0.6 is 0 Å². The van der Waals surface area contributed by atoms with Crippen molar-refractivity contribution in [2.45, 2.75) is 25.7 Å². The van der Waals surface area contributed by atoms with Crippen LogP contribution < -0.4 is 19.5 Å². The Morgan fingerprint density at radius 2 is 1.96 bits per heavy atom. The second-order valence-electron chi connectivity index (χ2n) is 5.95. The van der Waals surface area contributed by atoms with E-state index in [4.69, 9.17) is 14.2 Å². The first-order valence-electron chi connectivity index (χ1n) is 8.53. The lowest BCUT2D eigenvalue weighted by Crippen LogP contribution is -2.25. The first kappa shape index (κ1) is 17.1. The average molecular weight is 341 g/mol. The van der Waals surface area contributed by atoms with Gasteiger partial charge < -0.3 is 19.5 Å². The van der Waals surface area contributed by atoms with Crippen LogP contribution in [0.2, 0.25) is 0 Å². The van der Waals surface area contributed by atoms with Crippen LogP contribution in [0.3, 0.4) is 0 Å². The van der Waals surface area contributed by atoms with Gasteiger partial charge in [0.25, 0.3) is 0 Å². The van der Waals surface area contributed by atoms with Gasteiger partial charge in [0.05, 0.1) is 7.11 Å². The number of para-hydroxylation sites is 1. The maximum absolute atomic E-state index is 12.0. The van der Waals surface area contributed by atoms with Crippen LogP contribution in [0.1, 0.15) is 24.0 Å². The van der Waals surface area contributed by atoms with Gasteiger partial charge in [-0.15, -0.1) is 0 Å². The molecular weight excluding hydrogens is 318 g/mol. The second-order valence-corrected chi connectivity index (χ2v) is 5.95. The fourth-order valence-electron chi connectivity index (χ4n) is 2.86. The van der Waals surface area contributed by atoms with Crippen molar-refractivity contribution in [2.75, 3.05) is 20.4 Å². The Labute approximate surface area is 147 Å². The number of rotatable bonds is 8. The summed E-state index contributed by atoms with van der Waals surface area (Å²) >= 11 is 0. The molecule has 0 aliphatic carbocycles. The zero-order chi connectivity index (χ0) is 17.5. The first-order valence-corrected chi connectivity index (χ1v) is 8.53. The Kier molecular flexibility index (Phi) is 5.77. The number of aryl methyl sites for hydroxylation is 2. The van der Waals surface area contributed by atoms with E-state index in [0.717, 1.165) is 35.7 Å². The molecule has 25 heavy (non-hydrogen) atoms. The molecule has 132 valence electrons. The number of hydrogen-bond acceptors (Lipinski definition) is 4. The molecule has 0 radical (unpaired) electrons. The van der Waals surface area contributed by atoms with Crippen molar-refractivity contribution in [3.63, 3.8) is 0 Å². The standard InChI is InChI=1S/C20H23NO4/c1-23-17-7-3-2-5-16(17)6-4-12-21-20(22)11-9-15-8-10-18-19(13-15)25-14-24-18/h2-3,5,7-8,10,13H,4,6,9,11-12,14H2,1H3,(H,21,22). The van der Waals surface area contributed by atoms with E-state index < -0.39 is 0 Å². The van der Waals surface area contributed by atoms with Crippen LogP contribution in [0.5, 0.6) is 17.2 Å². The maximum atomic E-state index is 12.0. The molecule has 1 aliphatic heterocycles. The van der Waals surface area contributed by atoms with Crippen LogP contribution in [0.25, 0.3) is 0 Å². The molecule has 2 aromatic carbocycles. The van der Waals surface area contributed by atoms with Crippen LogP contribution in [0.4, 0.5) is 0 Å². The molecule has 2 aromatic rings. The van der Waals surface area contributed by atoms with Crippen molar-refractivity contribution in [1.82, 2.24) is 5.32 Å². The number of ether oxygens (including phenoxy) is 3. The molecular formula is C20H23NO4. The van der Waals surface area contributed by atoms with E-state index in [1.165, 1.54) is 5.56 Å². The highest BCUT2D eigenvalue weighted by Gasteiger charge is 2.13. The molecule has 5 heteroatoms. The summed E-state index contributed by atoms with van der Waals surface area (Å²) < 4.78 is 16.0. The first-order chi connectivity index (χ1) is 12.3. The smallest absolute Gasteiger partial charge is 0.231 e. The fraction of sp³-hybridized carbons (Fsp3) is 0.350. The molecule has 0 spiro atoms. The van der Waals surface area contributed by atoms with Crippen LogP contribution in [0, 0.1) is 0 Å². The van der Waals surface area contributed by atoms with Gasteiger partial charge in [0, 0.05) is 13.0 Å². The predicted octanol–water partition coefficient (Wildman–Crippen LogP) is 3.11. The monoisotopic (exact) mass is 341 g/mol. The lowest BCUT2D eigenvalue weighted by molar-refractivity contribution is -0.121. The van der Waals surface area contributed by atoms with Gasteiger partial charge in [0.15, 0.2) is 11.5 Å². The Morgan fingerprint density at radius 1 is 1.12 bits per heavy atom. The quantitative estimate of drug-likeness (QED) is 0.750. The van der Waals surface area contributed by atoms with Crippen molar-refractivity contribution in [3.8, 4) is 17.2 Å². The van der Waals surface area contributed by atoms with Crippen LogP contribution in [-0.4, -0.2) is 26.4 Å². The van der Waals surface area contributed by atoms with Gasteiger partial charge in [-0.1, -0.05) is 24.3 Å². The molecule has 1 aliphatic rings. The number of benzene rings is 2. The van der Waals surface area contributed by atoms with Gasteiger partial charge in [0.1, 0.15) is 5.75 Å². The number of fused-ring (bicyclic) bond motifs is 1. The minimum atomic E-state index is 0.0673. The minimum absolute atomic E-state index is 0.0673. The molecule has 0 aromatic heterocycles. The Bertz CT molecular complexity index is 729. The van der Waals surface area contributed by atoms with E-state index in [9.17, 15) is 4.79 Å².